The Morgan fingerprint density at radius 2 is 1.71 bits per heavy atom. The van der Waals surface area contributed by atoms with Crippen LogP contribution in [0, 0.1) is 11.8 Å². The normalized spacial score (nSPS) is 20.4. The first kappa shape index (κ1) is 13.7. The van der Waals surface area contributed by atoms with Crippen molar-refractivity contribution in [3.8, 4) is 0 Å². The number of allylic oxidation sites excluding steroid dienone is 2. The van der Waals surface area contributed by atoms with Crippen LogP contribution in [0.2, 0.25) is 0 Å². The van der Waals surface area contributed by atoms with Gasteiger partial charge in [-0.05, 0) is 33.1 Å². The molecule has 0 aromatic heterocycles. The monoisotopic (exact) mass is 240 g/mol. The van der Waals surface area contributed by atoms with Crippen LogP contribution in [0.4, 0.5) is 0 Å². The third kappa shape index (κ3) is 2.87. The molecule has 1 unspecified atom stereocenters. The highest BCUT2D eigenvalue weighted by Crippen LogP contribution is 2.35. The summed E-state index contributed by atoms with van der Waals surface area (Å²) in [5, 5.41) is 0. The molecule has 0 aromatic rings. The summed E-state index contributed by atoms with van der Waals surface area (Å²) in [6, 6.07) is 0. The lowest BCUT2D eigenvalue weighted by atomic mass is 9.76. The molecule has 0 heterocycles. The van der Waals surface area contributed by atoms with Crippen molar-refractivity contribution >= 4 is 11.9 Å². The van der Waals surface area contributed by atoms with Gasteiger partial charge in [0.05, 0.1) is 14.2 Å². The smallest absolute Gasteiger partial charge is 0.320 e. The third-order valence-corrected chi connectivity index (χ3v) is 3.61. The minimum atomic E-state index is -0.819. The topological polar surface area (TPSA) is 52.6 Å². The van der Waals surface area contributed by atoms with Crippen molar-refractivity contribution < 1.29 is 19.1 Å². The Morgan fingerprint density at radius 3 is 2.18 bits per heavy atom. The number of carbonyl (C=O) groups excluding carboxylic acids is 2. The number of carbonyl (C=O) groups is 2. The van der Waals surface area contributed by atoms with Crippen molar-refractivity contribution in [2.24, 2.45) is 11.8 Å². The van der Waals surface area contributed by atoms with Gasteiger partial charge in [0.25, 0.3) is 0 Å². The minimum absolute atomic E-state index is 0.0800. The van der Waals surface area contributed by atoms with Crippen LogP contribution in [0.3, 0.4) is 0 Å². The Morgan fingerprint density at radius 1 is 1.18 bits per heavy atom. The molecule has 1 aliphatic rings. The Bertz CT molecular complexity index is 327. The first-order valence-corrected chi connectivity index (χ1v) is 5.84. The van der Waals surface area contributed by atoms with Crippen LogP contribution in [0.1, 0.15) is 33.1 Å². The van der Waals surface area contributed by atoms with E-state index in [9.17, 15) is 9.59 Å². The zero-order chi connectivity index (χ0) is 13.0. The van der Waals surface area contributed by atoms with Gasteiger partial charge in [0.1, 0.15) is 0 Å². The van der Waals surface area contributed by atoms with Crippen molar-refractivity contribution in [2.45, 2.75) is 33.1 Å². The summed E-state index contributed by atoms with van der Waals surface area (Å²) in [4.78, 5) is 23.4. The summed E-state index contributed by atoms with van der Waals surface area (Å²) in [7, 11) is 2.60. The van der Waals surface area contributed by atoms with E-state index in [2.05, 4.69) is 0 Å². The molecule has 0 saturated carbocycles. The Labute approximate surface area is 102 Å². The summed E-state index contributed by atoms with van der Waals surface area (Å²) >= 11 is 0. The second-order valence-corrected chi connectivity index (χ2v) is 4.49. The molecule has 4 nitrogen and oxygen atoms in total. The van der Waals surface area contributed by atoms with Gasteiger partial charge in [0.2, 0.25) is 0 Å². The van der Waals surface area contributed by atoms with Gasteiger partial charge in [-0.1, -0.05) is 11.1 Å². The fourth-order valence-electron chi connectivity index (χ4n) is 2.41. The van der Waals surface area contributed by atoms with Gasteiger partial charge < -0.3 is 9.47 Å². The molecule has 0 N–H and O–H groups in total. The lowest BCUT2D eigenvalue weighted by Gasteiger charge is -2.29. The molecule has 0 saturated heterocycles. The number of rotatable bonds is 3. The van der Waals surface area contributed by atoms with E-state index in [4.69, 9.17) is 9.47 Å². The lowest BCUT2D eigenvalue weighted by molar-refractivity contribution is -0.161. The molecule has 1 rings (SSSR count). The van der Waals surface area contributed by atoms with E-state index in [0.29, 0.717) is 0 Å². The van der Waals surface area contributed by atoms with E-state index in [0.717, 1.165) is 24.8 Å². The maximum atomic E-state index is 11.7. The average molecular weight is 240 g/mol. The number of methoxy groups -OCH3 is 2. The van der Waals surface area contributed by atoms with E-state index < -0.39 is 17.9 Å². The Kier molecular flexibility index (Phi) is 4.73. The summed E-state index contributed by atoms with van der Waals surface area (Å²) in [5.74, 6) is -1.91. The number of esters is 2. The fourth-order valence-corrected chi connectivity index (χ4v) is 2.41. The molecular weight excluding hydrogens is 220 g/mol. The van der Waals surface area contributed by atoms with Crippen LogP contribution in [0.25, 0.3) is 0 Å². The second-order valence-electron chi connectivity index (χ2n) is 4.49. The molecule has 0 spiro atoms. The largest absolute Gasteiger partial charge is 0.468 e. The Hall–Kier alpha value is -1.32. The predicted octanol–water partition coefficient (Wildman–Crippen LogP) is 2.09. The molecule has 96 valence electrons. The highest BCUT2D eigenvalue weighted by atomic mass is 16.5. The van der Waals surface area contributed by atoms with Crippen LogP contribution in [-0.2, 0) is 19.1 Å². The third-order valence-electron chi connectivity index (χ3n) is 3.61. The molecule has 0 aliphatic heterocycles. The van der Waals surface area contributed by atoms with Gasteiger partial charge in [-0.2, -0.15) is 0 Å². The number of hydrogen-bond donors (Lipinski definition) is 0. The first-order valence-electron chi connectivity index (χ1n) is 5.84. The quantitative estimate of drug-likeness (QED) is 0.430. The molecule has 0 amide bonds. The fraction of sp³-hybridized carbons (Fsp3) is 0.692. The maximum absolute atomic E-state index is 11.7. The standard InChI is InChI=1S/C13H20O4/c1-8-6-5-7-10(9(8)2)11(12(14)16-3)13(15)17-4/h10-11H,5-7H2,1-4H3. The molecule has 0 aromatic carbocycles. The van der Waals surface area contributed by atoms with E-state index in [1.807, 2.05) is 13.8 Å². The van der Waals surface area contributed by atoms with E-state index in [1.165, 1.54) is 19.8 Å². The van der Waals surface area contributed by atoms with Gasteiger partial charge in [-0.3, -0.25) is 9.59 Å². The van der Waals surface area contributed by atoms with Crippen LogP contribution in [-0.4, -0.2) is 26.2 Å². The molecule has 0 fully saturated rings. The van der Waals surface area contributed by atoms with Crippen LogP contribution in [0.15, 0.2) is 11.1 Å². The first-order chi connectivity index (χ1) is 8.02. The predicted molar refractivity (Wildman–Crippen MR) is 63.2 cm³/mol. The van der Waals surface area contributed by atoms with Crippen molar-refractivity contribution in [2.75, 3.05) is 14.2 Å². The van der Waals surface area contributed by atoms with Gasteiger partial charge in [-0.25, -0.2) is 0 Å². The van der Waals surface area contributed by atoms with Crippen LogP contribution >= 0.6 is 0 Å². The van der Waals surface area contributed by atoms with Gasteiger partial charge in [0.15, 0.2) is 5.92 Å². The summed E-state index contributed by atoms with van der Waals surface area (Å²) in [6.45, 7) is 4.03. The summed E-state index contributed by atoms with van der Waals surface area (Å²) in [5.41, 5.74) is 2.39. The van der Waals surface area contributed by atoms with Crippen molar-refractivity contribution in [3.63, 3.8) is 0 Å². The number of ether oxygens (including phenoxy) is 2. The molecule has 17 heavy (non-hydrogen) atoms. The molecule has 4 heteroatoms. The van der Waals surface area contributed by atoms with Gasteiger partial charge >= 0.3 is 11.9 Å². The van der Waals surface area contributed by atoms with E-state index in [1.54, 1.807) is 0 Å². The zero-order valence-electron chi connectivity index (χ0n) is 10.9. The van der Waals surface area contributed by atoms with E-state index >= 15 is 0 Å². The van der Waals surface area contributed by atoms with E-state index in [-0.39, 0.29) is 5.92 Å². The number of hydrogen-bond acceptors (Lipinski definition) is 4. The molecule has 1 aliphatic carbocycles. The minimum Gasteiger partial charge on any atom is -0.468 e. The highest BCUT2D eigenvalue weighted by molar-refractivity contribution is 5.95. The van der Waals surface area contributed by atoms with Gasteiger partial charge in [0, 0.05) is 5.92 Å². The maximum Gasteiger partial charge on any atom is 0.320 e. The van der Waals surface area contributed by atoms with Crippen LogP contribution in [0.5, 0.6) is 0 Å². The SMILES string of the molecule is COC(=O)C(C(=O)OC)C1CCCC(C)=C1C. The molecular formula is C13H20O4. The Balaban J connectivity index is 3.02. The average Bonchev–Trinajstić information content (AvgIpc) is 2.34. The van der Waals surface area contributed by atoms with Gasteiger partial charge in [-0.15, -0.1) is 0 Å². The lowest BCUT2D eigenvalue weighted by Crippen LogP contribution is -2.35. The highest BCUT2D eigenvalue weighted by Gasteiger charge is 2.38. The second kappa shape index (κ2) is 5.84. The molecule has 1 atom stereocenters. The summed E-state index contributed by atoms with van der Waals surface area (Å²) in [6.07, 6.45) is 2.87. The molecule has 0 bridgehead atoms. The zero-order valence-corrected chi connectivity index (χ0v) is 10.9. The van der Waals surface area contributed by atoms with Crippen molar-refractivity contribution in [1.29, 1.82) is 0 Å². The van der Waals surface area contributed by atoms with Crippen LogP contribution < -0.4 is 0 Å². The molecule has 0 radical (unpaired) electrons. The van der Waals surface area contributed by atoms with Crippen molar-refractivity contribution in [1.82, 2.24) is 0 Å². The summed E-state index contributed by atoms with van der Waals surface area (Å²) < 4.78 is 9.42. The van der Waals surface area contributed by atoms with Crippen molar-refractivity contribution in [3.05, 3.63) is 11.1 Å².